The van der Waals surface area contributed by atoms with E-state index < -0.39 is 0 Å². The van der Waals surface area contributed by atoms with Gasteiger partial charge in [-0.25, -0.2) is 0 Å². The number of benzene rings is 9. The van der Waals surface area contributed by atoms with E-state index in [-0.39, 0.29) is 5.43 Å². The Morgan fingerprint density at radius 3 is 1.28 bits per heavy atom. The van der Waals surface area contributed by atoms with Crippen LogP contribution in [0.3, 0.4) is 0 Å². The topological polar surface area (TPSA) is 25.2 Å². The van der Waals surface area contributed by atoms with E-state index in [1.165, 1.54) is 21.9 Å². The standard InChI is InChI=1S/C51H34N2O/c54-51-43-25-13-15-27-47(43)53(48-28-16-14-26-44(48)51)40-30-32-42-46(34-40)50(36-19-7-2-8-20-36)41-31-29-39(33-45(41)49(42)35-17-5-1-6-18-35)52(37-21-9-3-10-22-37)38-23-11-4-12-24-38/h1-34H. The second kappa shape index (κ2) is 13.1. The summed E-state index contributed by atoms with van der Waals surface area (Å²) in [5.74, 6) is 0. The van der Waals surface area contributed by atoms with Gasteiger partial charge in [0.15, 0.2) is 5.43 Å². The van der Waals surface area contributed by atoms with Crippen molar-refractivity contribution in [2.24, 2.45) is 0 Å². The third kappa shape index (κ3) is 5.17. The first-order chi connectivity index (χ1) is 26.7. The molecule has 0 aliphatic heterocycles. The van der Waals surface area contributed by atoms with E-state index >= 15 is 0 Å². The lowest BCUT2D eigenvalue weighted by Gasteiger charge is -2.27. The minimum atomic E-state index is 0.0522. The zero-order valence-corrected chi connectivity index (χ0v) is 29.4. The van der Waals surface area contributed by atoms with Crippen molar-refractivity contribution in [3.63, 3.8) is 0 Å². The molecular weight excluding hydrogens is 657 g/mol. The van der Waals surface area contributed by atoms with Gasteiger partial charge in [-0.15, -0.1) is 0 Å². The monoisotopic (exact) mass is 690 g/mol. The molecule has 1 aromatic heterocycles. The summed E-state index contributed by atoms with van der Waals surface area (Å²) in [7, 11) is 0. The van der Waals surface area contributed by atoms with Gasteiger partial charge in [-0.05, 0) is 117 Å². The Hall–Kier alpha value is -7.23. The van der Waals surface area contributed by atoms with Crippen LogP contribution in [0.1, 0.15) is 0 Å². The van der Waals surface area contributed by atoms with Crippen LogP contribution in [-0.2, 0) is 0 Å². The van der Waals surface area contributed by atoms with Crippen LogP contribution in [-0.4, -0.2) is 4.57 Å². The maximum absolute atomic E-state index is 13.7. The van der Waals surface area contributed by atoms with E-state index in [0.717, 1.165) is 55.7 Å². The van der Waals surface area contributed by atoms with Crippen molar-refractivity contribution >= 4 is 60.4 Å². The van der Waals surface area contributed by atoms with Crippen molar-refractivity contribution in [2.45, 2.75) is 0 Å². The molecule has 3 heteroatoms. The predicted octanol–water partition coefficient (Wildman–Crippen LogP) is 13.3. The molecule has 1 heterocycles. The number of aromatic nitrogens is 1. The minimum absolute atomic E-state index is 0.0522. The number of nitrogens with zero attached hydrogens (tertiary/aromatic N) is 2. The number of anilines is 3. The van der Waals surface area contributed by atoms with Gasteiger partial charge in [0.2, 0.25) is 0 Å². The van der Waals surface area contributed by atoms with Crippen molar-refractivity contribution in [1.82, 2.24) is 4.57 Å². The summed E-state index contributed by atoms with van der Waals surface area (Å²) in [6.07, 6.45) is 0. The predicted molar refractivity (Wildman–Crippen MR) is 228 cm³/mol. The van der Waals surface area contributed by atoms with Gasteiger partial charge in [-0.1, -0.05) is 133 Å². The van der Waals surface area contributed by atoms with Gasteiger partial charge in [0, 0.05) is 33.5 Å². The third-order valence-corrected chi connectivity index (χ3v) is 10.5. The zero-order chi connectivity index (χ0) is 36.0. The molecule has 0 aliphatic rings. The summed E-state index contributed by atoms with van der Waals surface area (Å²) >= 11 is 0. The molecule has 0 saturated carbocycles. The van der Waals surface area contributed by atoms with Gasteiger partial charge in [-0.3, -0.25) is 4.79 Å². The summed E-state index contributed by atoms with van der Waals surface area (Å²) < 4.78 is 2.24. The lowest BCUT2D eigenvalue weighted by Crippen LogP contribution is -2.10. The Kier molecular flexibility index (Phi) is 7.63. The number of para-hydroxylation sites is 4. The molecule has 0 spiro atoms. The summed E-state index contributed by atoms with van der Waals surface area (Å²) in [6.45, 7) is 0. The van der Waals surface area contributed by atoms with E-state index in [1.807, 2.05) is 48.5 Å². The van der Waals surface area contributed by atoms with E-state index in [2.05, 4.69) is 167 Å². The lowest BCUT2D eigenvalue weighted by atomic mass is 9.85. The van der Waals surface area contributed by atoms with E-state index in [0.29, 0.717) is 10.8 Å². The highest BCUT2D eigenvalue weighted by Crippen LogP contribution is 2.47. The van der Waals surface area contributed by atoms with Gasteiger partial charge in [-0.2, -0.15) is 0 Å². The molecule has 0 N–H and O–H groups in total. The highest BCUT2D eigenvalue weighted by Gasteiger charge is 2.21. The van der Waals surface area contributed by atoms with E-state index in [1.54, 1.807) is 0 Å². The first-order valence-electron chi connectivity index (χ1n) is 18.3. The van der Waals surface area contributed by atoms with Crippen LogP contribution in [0.2, 0.25) is 0 Å². The van der Waals surface area contributed by atoms with Crippen molar-refractivity contribution in [1.29, 1.82) is 0 Å². The molecule has 0 unspecified atom stereocenters. The fourth-order valence-corrected chi connectivity index (χ4v) is 8.19. The highest BCUT2D eigenvalue weighted by molar-refractivity contribution is 6.22. The Labute approximate surface area is 313 Å². The van der Waals surface area contributed by atoms with Crippen LogP contribution in [0.25, 0.3) is 71.3 Å². The Morgan fingerprint density at radius 2 is 0.759 bits per heavy atom. The minimum Gasteiger partial charge on any atom is -0.310 e. The molecule has 0 saturated heterocycles. The van der Waals surface area contributed by atoms with Gasteiger partial charge >= 0.3 is 0 Å². The van der Waals surface area contributed by atoms with Crippen LogP contribution in [0.15, 0.2) is 211 Å². The molecule has 54 heavy (non-hydrogen) atoms. The van der Waals surface area contributed by atoms with Crippen LogP contribution < -0.4 is 10.3 Å². The van der Waals surface area contributed by atoms with Gasteiger partial charge < -0.3 is 9.47 Å². The normalized spacial score (nSPS) is 11.4. The number of hydrogen-bond acceptors (Lipinski definition) is 2. The van der Waals surface area contributed by atoms with Gasteiger partial charge in [0.1, 0.15) is 0 Å². The average molecular weight is 691 g/mol. The molecule has 0 atom stereocenters. The Balaban J connectivity index is 1.33. The molecule has 254 valence electrons. The molecule has 0 radical (unpaired) electrons. The summed E-state index contributed by atoms with van der Waals surface area (Å²) in [5, 5.41) is 6.06. The SMILES string of the molecule is O=c1c2ccccc2n(-c2ccc3c(-c4ccccc4)c4cc(N(c5ccccc5)c5ccccc5)ccc4c(-c4ccccc4)c3c2)c2ccccc12. The van der Waals surface area contributed by atoms with Gasteiger partial charge in [0.05, 0.1) is 11.0 Å². The number of fused-ring (bicyclic) bond motifs is 4. The molecule has 0 amide bonds. The first kappa shape index (κ1) is 31.5. The second-order valence-electron chi connectivity index (χ2n) is 13.6. The van der Waals surface area contributed by atoms with E-state index in [4.69, 9.17) is 0 Å². The summed E-state index contributed by atoms with van der Waals surface area (Å²) in [6, 6.07) is 72.2. The van der Waals surface area contributed by atoms with Crippen LogP contribution in [0.4, 0.5) is 17.1 Å². The van der Waals surface area contributed by atoms with Crippen LogP contribution in [0, 0.1) is 0 Å². The number of hydrogen-bond donors (Lipinski definition) is 0. The van der Waals surface area contributed by atoms with Crippen LogP contribution >= 0.6 is 0 Å². The second-order valence-corrected chi connectivity index (χ2v) is 13.6. The molecule has 9 aromatic carbocycles. The maximum Gasteiger partial charge on any atom is 0.197 e. The fraction of sp³-hybridized carbons (Fsp3) is 0. The smallest absolute Gasteiger partial charge is 0.197 e. The summed E-state index contributed by atoms with van der Waals surface area (Å²) in [4.78, 5) is 16.0. The summed E-state index contributed by atoms with van der Waals surface area (Å²) in [5.41, 5.74) is 10.8. The number of pyridine rings is 1. The molecule has 3 nitrogen and oxygen atoms in total. The molecule has 0 aliphatic carbocycles. The third-order valence-electron chi connectivity index (χ3n) is 10.5. The molecule has 0 fully saturated rings. The quantitative estimate of drug-likeness (QED) is 0.162. The van der Waals surface area contributed by atoms with Crippen LogP contribution in [0.5, 0.6) is 0 Å². The molecular formula is C51H34N2O. The largest absolute Gasteiger partial charge is 0.310 e. The average Bonchev–Trinajstić information content (AvgIpc) is 3.24. The van der Waals surface area contributed by atoms with E-state index in [9.17, 15) is 4.79 Å². The number of rotatable bonds is 6. The van der Waals surface area contributed by atoms with Crippen molar-refractivity contribution in [3.8, 4) is 27.9 Å². The highest BCUT2D eigenvalue weighted by atomic mass is 16.1. The molecule has 10 aromatic rings. The van der Waals surface area contributed by atoms with Crippen molar-refractivity contribution in [3.05, 3.63) is 216 Å². The molecule has 10 rings (SSSR count). The Bertz CT molecular complexity index is 2950. The fourth-order valence-electron chi connectivity index (χ4n) is 8.19. The van der Waals surface area contributed by atoms with Gasteiger partial charge in [0.25, 0.3) is 0 Å². The van der Waals surface area contributed by atoms with Crippen molar-refractivity contribution in [2.75, 3.05) is 4.90 Å². The Morgan fingerprint density at radius 1 is 0.333 bits per heavy atom. The first-order valence-corrected chi connectivity index (χ1v) is 18.3. The zero-order valence-electron chi connectivity index (χ0n) is 29.4. The lowest BCUT2D eigenvalue weighted by molar-refractivity contribution is 1.17. The maximum atomic E-state index is 13.7. The molecule has 0 bridgehead atoms. The van der Waals surface area contributed by atoms with Crippen molar-refractivity contribution < 1.29 is 0 Å².